The van der Waals surface area contributed by atoms with Crippen LogP contribution in [0.25, 0.3) is 6.08 Å². The van der Waals surface area contributed by atoms with Crippen molar-refractivity contribution in [1.29, 1.82) is 0 Å². The van der Waals surface area contributed by atoms with Gasteiger partial charge in [-0.15, -0.1) is 0 Å². The van der Waals surface area contributed by atoms with Gasteiger partial charge < -0.3 is 14.6 Å². The second-order valence-corrected chi connectivity index (χ2v) is 6.76. The number of carbonyl (C=O) groups is 1. The average molecular weight is 372 g/mol. The number of carbonyl (C=O) groups excluding carboxylic acids is 1. The van der Waals surface area contributed by atoms with E-state index in [1.807, 2.05) is 12.1 Å². The monoisotopic (exact) mass is 371 g/mol. The van der Waals surface area contributed by atoms with Gasteiger partial charge in [0.1, 0.15) is 11.5 Å². The third-order valence-electron chi connectivity index (χ3n) is 4.57. The Balaban J connectivity index is 1.64. The third kappa shape index (κ3) is 3.33. The standard InChI is InChI=1S/C20H18ClNO4/c21-14-3-1-13(2-4-14)11-18-19(24)15-5-6-17(23)16(20(15)26-18)12-22-7-9-25-10-8-22/h1-6,11,23H,7-10,12H2. The van der Waals surface area contributed by atoms with Crippen molar-refractivity contribution in [2.24, 2.45) is 0 Å². The van der Waals surface area contributed by atoms with Crippen molar-refractivity contribution in [1.82, 2.24) is 4.90 Å². The fourth-order valence-electron chi connectivity index (χ4n) is 3.14. The zero-order valence-electron chi connectivity index (χ0n) is 14.1. The number of ketones is 1. The van der Waals surface area contributed by atoms with Gasteiger partial charge in [-0.25, -0.2) is 0 Å². The van der Waals surface area contributed by atoms with Crippen LogP contribution in [-0.2, 0) is 11.3 Å². The van der Waals surface area contributed by atoms with Crippen molar-refractivity contribution in [3.05, 3.63) is 63.9 Å². The van der Waals surface area contributed by atoms with Gasteiger partial charge in [0, 0.05) is 24.7 Å². The van der Waals surface area contributed by atoms with Crippen molar-refractivity contribution in [3.8, 4) is 11.5 Å². The van der Waals surface area contributed by atoms with Gasteiger partial charge in [0.05, 0.1) is 24.3 Å². The second-order valence-electron chi connectivity index (χ2n) is 6.32. The van der Waals surface area contributed by atoms with Gasteiger partial charge in [0.15, 0.2) is 5.76 Å². The first-order valence-electron chi connectivity index (χ1n) is 8.46. The highest BCUT2D eigenvalue weighted by Gasteiger charge is 2.31. The molecule has 0 atom stereocenters. The number of hydrogen-bond donors (Lipinski definition) is 1. The van der Waals surface area contributed by atoms with E-state index in [2.05, 4.69) is 4.90 Å². The SMILES string of the molecule is O=C1C(=Cc2ccc(Cl)cc2)Oc2c1ccc(O)c2CN1CCOCC1. The molecule has 0 bridgehead atoms. The molecule has 2 aliphatic heterocycles. The molecule has 1 fully saturated rings. The fraction of sp³-hybridized carbons (Fsp3) is 0.250. The predicted octanol–water partition coefficient (Wildman–Crippen LogP) is 3.49. The number of allylic oxidation sites excluding steroid dienone is 1. The quantitative estimate of drug-likeness (QED) is 0.837. The third-order valence-corrected chi connectivity index (χ3v) is 4.82. The summed E-state index contributed by atoms with van der Waals surface area (Å²) in [5, 5.41) is 10.9. The first-order chi connectivity index (χ1) is 12.6. The van der Waals surface area contributed by atoms with E-state index in [4.69, 9.17) is 21.1 Å². The molecule has 0 spiro atoms. The van der Waals surface area contributed by atoms with Crippen molar-refractivity contribution in [2.75, 3.05) is 26.3 Å². The highest BCUT2D eigenvalue weighted by atomic mass is 35.5. The lowest BCUT2D eigenvalue weighted by molar-refractivity contribution is 0.0336. The highest BCUT2D eigenvalue weighted by Crippen LogP contribution is 2.40. The first-order valence-corrected chi connectivity index (χ1v) is 8.84. The summed E-state index contributed by atoms with van der Waals surface area (Å²) in [4.78, 5) is 14.9. The molecule has 2 aromatic carbocycles. The van der Waals surface area contributed by atoms with Crippen LogP contribution in [0.3, 0.4) is 0 Å². The van der Waals surface area contributed by atoms with E-state index in [0.717, 1.165) is 18.7 Å². The average Bonchev–Trinajstić information content (AvgIpc) is 2.96. The van der Waals surface area contributed by atoms with Crippen LogP contribution in [0, 0.1) is 0 Å². The highest BCUT2D eigenvalue weighted by molar-refractivity contribution is 6.30. The molecule has 134 valence electrons. The Hall–Kier alpha value is -2.34. The van der Waals surface area contributed by atoms with Crippen LogP contribution >= 0.6 is 11.6 Å². The van der Waals surface area contributed by atoms with Gasteiger partial charge in [-0.2, -0.15) is 0 Å². The number of phenolic OH excluding ortho intramolecular Hbond substituents is 1. The molecule has 0 unspecified atom stereocenters. The van der Waals surface area contributed by atoms with E-state index in [1.54, 1.807) is 30.3 Å². The smallest absolute Gasteiger partial charge is 0.231 e. The zero-order chi connectivity index (χ0) is 18.1. The second kappa shape index (κ2) is 7.11. The Morgan fingerprint density at radius 1 is 1.12 bits per heavy atom. The van der Waals surface area contributed by atoms with Crippen LogP contribution < -0.4 is 4.74 Å². The topological polar surface area (TPSA) is 59.0 Å². The molecule has 0 aliphatic carbocycles. The van der Waals surface area contributed by atoms with Crippen LogP contribution in [0.5, 0.6) is 11.5 Å². The molecule has 1 N–H and O–H groups in total. The fourth-order valence-corrected chi connectivity index (χ4v) is 3.27. The molecular formula is C20H18ClNO4. The molecule has 0 saturated carbocycles. The summed E-state index contributed by atoms with van der Waals surface area (Å²) in [6.07, 6.45) is 1.69. The number of Topliss-reactive ketones (excluding diaryl/α,β-unsaturated/α-hetero) is 1. The Bertz CT molecular complexity index is 870. The summed E-state index contributed by atoms with van der Waals surface area (Å²) < 4.78 is 11.2. The van der Waals surface area contributed by atoms with Crippen LogP contribution in [-0.4, -0.2) is 42.1 Å². The molecule has 0 radical (unpaired) electrons. The van der Waals surface area contributed by atoms with Gasteiger partial charge in [-0.3, -0.25) is 9.69 Å². The Kier molecular flexibility index (Phi) is 4.68. The van der Waals surface area contributed by atoms with E-state index >= 15 is 0 Å². The summed E-state index contributed by atoms with van der Waals surface area (Å²) in [6, 6.07) is 10.3. The van der Waals surface area contributed by atoms with Crippen molar-refractivity contribution in [3.63, 3.8) is 0 Å². The largest absolute Gasteiger partial charge is 0.507 e. The predicted molar refractivity (Wildman–Crippen MR) is 98.6 cm³/mol. The molecule has 4 rings (SSSR count). The first kappa shape index (κ1) is 17.1. The molecule has 0 aromatic heterocycles. The minimum Gasteiger partial charge on any atom is -0.507 e. The molecule has 1 saturated heterocycles. The van der Waals surface area contributed by atoms with Crippen molar-refractivity contribution >= 4 is 23.5 Å². The number of morpholine rings is 1. The number of hydrogen-bond acceptors (Lipinski definition) is 5. The summed E-state index contributed by atoms with van der Waals surface area (Å²) >= 11 is 5.90. The molecule has 2 aliphatic rings. The van der Waals surface area contributed by atoms with Crippen LogP contribution in [0.2, 0.25) is 5.02 Å². The molecule has 6 heteroatoms. The Labute approximate surface area is 156 Å². The lowest BCUT2D eigenvalue weighted by Gasteiger charge is -2.27. The lowest BCUT2D eigenvalue weighted by atomic mass is 10.0. The minimum absolute atomic E-state index is 0.135. The molecular weight excluding hydrogens is 354 g/mol. The van der Waals surface area contributed by atoms with E-state index in [9.17, 15) is 9.90 Å². The number of phenols is 1. The van der Waals surface area contributed by atoms with Gasteiger partial charge in [0.2, 0.25) is 5.78 Å². The summed E-state index contributed by atoms with van der Waals surface area (Å²) in [5.74, 6) is 0.645. The molecule has 0 amide bonds. The number of halogens is 1. The van der Waals surface area contributed by atoms with E-state index < -0.39 is 0 Å². The summed E-state index contributed by atoms with van der Waals surface area (Å²) in [7, 11) is 0. The van der Waals surface area contributed by atoms with E-state index in [1.165, 1.54) is 0 Å². The number of fused-ring (bicyclic) bond motifs is 1. The number of benzene rings is 2. The maximum absolute atomic E-state index is 12.7. The zero-order valence-corrected chi connectivity index (χ0v) is 14.8. The molecule has 5 nitrogen and oxygen atoms in total. The minimum atomic E-state index is -0.182. The Morgan fingerprint density at radius 3 is 2.58 bits per heavy atom. The maximum atomic E-state index is 12.7. The van der Waals surface area contributed by atoms with Gasteiger partial charge >= 0.3 is 0 Å². The van der Waals surface area contributed by atoms with Crippen LogP contribution in [0.4, 0.5) is 0 Å². The van der Waals surface area contributed by atoms with Crippen LogP contribution in [0.15, 0.2) is 42.2 Å². The number of aromatic hydroxyl groups is 1. The molecule has 26 heavy (non-hydrogen) atoms. The van der Waals surface area contributed by atoms with Gasteiger partial charge in [0.25, 0.3) is 0 Å². The maximum Gasteiger partial charge on any atom is 0.231 e. The van der Waals surface area contributed by atoms with Gasteiger partial charge in [-0.1, -0.05) is 23.7 Å². The normalized spacial score (nSPS) is 18.8. The molecule has 2 aromatic rings. The van der Waals surface area contributed by atoms with Crippen molar-refractivity contribution in [2.45, 2.75) is 6.54 Å². The molecule has 2 heterocycles. The van der Waals surface area contributed by atoms with Crippen LogP contribution in [0.1, 0.15) is 21.5 Å². The number of nitrogens with zero attached hydrogens (tertiary/aromatic N) is 1. The summed E-state index contributed by atoms with van der Waals surface area (Å²) in [5.41, 5.74) is 1.94. The number of rotatable bonds is 3. The number of ether oxygens (including phenoxy) is 2. The van der Waals surface area contributed by atoms with Gasteiger partial charge in [-0.05, 0) is 35.9 Å². The van der Waals surface area contributed by atoms with E-state index in [-0.39, 0.29) is 17.3 Å². The lowest BCUT2D eigenvalue weighted by Crippen LogP contribution is -2.35. The Morgan fingerprint density at radius 2 is 1.85 bits per heavy atom. The van der Waals surface area contributed by atoms with E-state index in [0.29, 0.717) is 41.7 Å². The summed E-state index contributed by atoms with van der Waals surface area (Å²) in [6.45, 7) is 3.41. The van der Waals surface area contributed by atoms with Crippen molar-refractivity contribution < 1.29 is 19.4 Å².